The molecule has 0 heterocycles. The summed E-state index contributed by atoms with van der Waals surface area (Å²) < 4.78 is 12.6. The van der Waals surface area contributed by atoms with Crippen LogP contribution < -0.4 is 14.8 Å². The first kappa shape index (κ1) is 21.8. The fourth-order valence-corrected chi connectivity index (χ4v) is 3.81. The van der Waals surface area contributed by atoms with Crippen LogP contribution in [-0.2, 0) is 13.2 Å². The second-order valence-corrected chi connectivity index (χ2v) is 8.43. The SMILES string of the molecule is COc1ccc(Br)c(CNc2ccc(C)c(C)c2)c1OCc1ccc(Cl)cc1Cl. The quantitative estimate of drug-likeness (QED) is 0.367. The lowest BCUT2D eigenvalue weighted by atomic mass is 10.1. The zero-order chi connectivity index (χ0) is 21.0. The Hall–Kier alpha value is -1.88. The van der Waals surface area contributed by atoms with Gasteiger partial charge in [-0.3, -0.25) is 0 Å². The van der Waals surface area contributed by atoms with E-state index in [1.165, 1.54) is 11.1 Å². The number of benzene rings is 3. The summed E-state index contributed by atoms with van der Waals surface area (Å²) in [5.41, 5.74) is 5.38. The van der Waals surface area contributed by atoms with E-state index in [0.29, 0.717) is 34.7 Å². The molecular weight excluding hydrogens is 473 g/mol. The maximum atomic E-state index is 6.29. The van der Waals surface area contributed by atoms with Gasteiger partial charge in [-0.2, -0.15) is 0 Å². The molecule has 29 heavy (non-hydrogen) atoms. The Kier molecular flexibility index (Phi) is 7.33. The number of aryl methyl sites for hydroxylation is 2. The fraction of sp³-hybridized carbons (Fsp3) is 0.217. The van der Waals surface area contributed by atoms with Crippen molar-refractivity contribution >= 4 is 44.8 Å². The molecule has 3 nitrogen and oxygen atoms in total. The van der Waals surface area contributed by atoms with E-state index in [1.807, 2.05) is 18.2 Å². The van der Waals surface area contributed by atoms with Gasteiger partial charge in [0, 0.05) is 37.9 Å². The highest BCUT2D eigenvalue weighted by atomic mass is 79.9. The molecule has 0 aliphatic rings. The summed E-state index contributed by atoms with van der Waals surface area (Å²) in [5.74, 6) is 1.33. The van der Waals surface area contributed by atoms with Crippen LogP contribution in [0.25, 0.3) is 0 Å². The molecule has 0 spiro atoms. The Balaban J connectivity index is 1.85. The van der Waals surface area contributed by atoms with Crippen LogP contribution in [0.3, 0.4) is 0 Å². The maximum Gasteiger partial charge on any atom is 0.167 e. The van der Waals surface area contributed by atoms with Crippen molar-refractivity contribution in [1.29, 1.82) is 0 Å². The number of rotatable bonds is 7. The van der Waals surface area contributed by atoms with E-state index >= 15 is 0 Å². The molecular formula is C23H22BrCl2NO2. The van der Waals surface area contributed by atoms with Gasteiger partial charge in [0.05, 0.1) is 7.11 Å². The second-order valence-electron chi connectivity index (χ2n) is 6.73. The molecule has 3 rings (SSSR count). The number of methoxy groups -OCH3 is 1. The van der Waals surface area contributed by atoms with Crippen LogP contribution in [0.5, 0.6) is 11.5 Å². The monoisotopic (exact) mass is 493 g/mol. The lowest BCUT2D eigenvalue weighted by Crippen LogP contribution is -2.06. The highest BCUT2D eigenvalue weighted by Crippen LogP contribution is 2.38. The summed E-state index contributed by atoms with van der Waals surface area (Å²) in [4.78, 5) is 0. The molecule has 152 valence electrons. The standard InChI is InChI=1S/C23H22BrCl2NO2/c1-14-4-7-18(10-15(14)2)27-12-19-20(24)8-9-22(28-3)23(19)29-13-16-5-6-17(25)11-21(16)26/h4-11,27H,12-13H2,1-3H3. The fourth-order valence-electron chi connectivity index (χ4n) is 2.90. The zero-order valence-electron chi connectivity index (χ0n) is 16.5. The molecule has 0 atom stereocenters. The van der Waals surface area contributed by atoms with Crippen molar-refractivity contribution in [2.45, 2.75) is 27.0 Å². The topological polar surface area (TPSA) is 30.5 Å². The van der Waals surface area contributed by atoms with Gasteiger partial charge in [-0.05, 0) is 61.4 Å². The Morgan fingerprint density at radius 1 is 0.966 bits per heavy atom. The molecule has 0 aliphatic carbocycles. The van der Waals surface area contributed by atoms with E-state index < -0.39 is 0 Å². The van der Waals surface area contributed by atoms with Crippen molar-refractivity contribution in [3.8, 4) is 11.5 Å². The Bertz CT molecular complexity index is 1020. The third-order valence-electron chi connectivity index (χ3n) is 4.75. The summed E-state index contributed by atoms with van der Waals surface area (Å²) >= 11 is 15.9. The minimum atomic E-state index is 0.305. The van der Waals surface area contributed by atoms with Gasteiger partial charge in [-0.15, -0.1) is 0 Å². The van der Waals surface area contributed by atoms with Gasteiger partial charge in [-0.1, -0.05) is 51.3 Å². The molecule has 0 amide bonds. The molecule has 3 aromatic carbocycles. The molecule has 3 aromatic rings. The van der Waals surface area contributed by atoms with Crippen LogP contribution in [0.2, 0.25) is 10.0 Å². The van der Waals surface area contributed by atoms with Crippen LogP contribution in [0, 0.1) is 13.8 Å². The first-order valence-corrected chi connectivity index (χ1v) is 10.7. The van der Waals surface area contributed by atoms with Crippen LogP contribution in [-0.4, -0.2) is 7.11 Å². The average Bonchev–Trinajstić information content (AvgIpc) is 2.69. The average molecular weight is 495 g/mol. The summed E-state index contributed by atoms with van der Waals surface area (Å²) in [5, 5.41) is 4.63. The minimum absolute atomic E-state index is 0.305. The largest absolute Gasteiger partial charge is 0.493 e. The van der Waals surface area contributed by atoms with Crippen molar-refractivity contribution in [2.75, 3.05) is 12.4 Å². The van der Waals surface area contributed by atoms with Gasteiger partial charge in [-0.25, -0.2) is 0 Å². The number of halogens is 3. The van der Waals surface area contributed by atoms with Crippen molar-refractivity contribution in [2.24, 2.45) is 0 Å². The van der Waals surface area contributed by atoms with E-state index in [4.69, 9.17) is 32.7 Å². The predicted octanol–water partition coefficient (Wildman–Crippen LogP) is 7.57. The van der Waals surface area contributed by atoms with E-state index in [0.717, 1.165) is 21.3 Å². The van der Waals surface area contributed by atoms with Crippen LogP contribution in [0.4, 0.5) is 5.69 Å². The lowest BCUT2D eigenvalue weighted by molar-refractivity contribution is 0.281. The van der Waals surface area contributed by atoms with E-state index in [2.05, 4.69) is 53.3 Å². The second kappa shape index (κ2) is 9.75. The number of nitrogens with one attached hydrogen (secondary N) is 1. The van der Waals surface area contributed by atoms with E-state index in [-0.39, 0.29) is 0 Å². The van der Waals surface area contributed by atoms with Crippen molar-refractivity contribution in [1.82, 2.24) is 0 Å². The van der Waals surface area contributed by atoms with Crippen LogP contribution in [0.15, 0.2) is 53.0 Å². The van der Waals surface area contributed by atoms with Gasteiger partial charge >= 0.3 is 0 Å². The molecule has 1 N–H and O–H groups in total. The zero-order valence-corrected chi connectivity index (χ0v) is 19.6. The van der Waals surface area contributed by atoms with Gasteiger partial charge in [0.15, 0.2) is 11.5 Å². The van der Waals surface area contributed by atoms with Gasteiger partial charge in [0.1, 0.15) is 6.61 Å². The first-order valence-electron chi connectivity index (χ1n) is 9.12. The summed E-state index contributed by atoms with van der Waals surface area (Å²) in [6.45, 7) is 5.08. The summed E-state index contributed by atoms with van der Waals surface area (Å²) in [6.07, 6.45) is 0. The molecule has 0 saturated heterocycles. The molecule has 0 fully saturated rings. The van der Waals surface area contributed by atoms with Gasteiger partial charge in [0.25, 0.3) is 0 Å². The van der Waals surface area contributed by atoms with Gasteiger partial charge < -0.3 is 14.8 Å². The normalized spacial score (nSPS) is 10.7. The first-order chi connectivity index (χ1) is 13.9. The maximum absolute atomic E-state index is 6.29. The van der Waals surface area contributed by atoms with Crippen molar-refractivity contribution in [3.05, 3.63) is 85.3 Å². The van der Waals surface area contributed by atoms with Crippen LogP contribution in [0.1, 0.15) is 22.3 Å². The molecule has 6 heteroatoms. The summed E-state index contributed by atoms with van der Waals surface area (Å²) in [7, 11) is 1.63. The molecule has 0 saturated carbocycles. The number of anilines is 1. The third-order valence-corrected chi connectivity index (χ3v) is 6.08. The highest BCUT2D eigenvalue weighted by molar-refractivity contribution is 9.10. The Labute approximate surface area is 190 Å². The lowest BCUT2D eigenvalue weighted by Gasteiger charge is -2.18. The van der Waals surface area contributed by atoms with E-state index in [1.54, 1.807) is 19.2 Å². The minimum Gasteiger partial charge on any atom is -0.493 e. The third kappa shape index (κ3) is 5.39. The number of ether oxygens (including phenoxy) is 2. The Morgan fingerprint density at radius 3 is 2.45 bits per heavy atom. The molecule has 0 aliphatic heterocycles. The van der Waals surface area contributed by atoms with E-state index in [9.17, 15) is 0 Å². The number of hydrogen-bond acceptors (Lipinski definition) is 3. The smallest absolute Gasteiger partial charge is 0.167 e. The number of hydrogen-bond donors (Lipinski definition) is 1. The van der Waals surface area contributed by atoms with Gasteiger partial charge in [0.2, 0.25) is 0 Å². The van der Waals surface area contributed by atoms with Crippen molar-refractivity contribution < 1.29 is 9.47 Å². The molecule has 0 unspecified atom stereocenters. The predicted molar refractivity (Wildman–Crippen MR) is 125 cm³/mol. The Morgan fingerprint density at radius 2 is 1.76 bits per heavy atom. The molecule has 0 aromatic heterocycles. The molecule has 0 radical (unpaired) electrons. The molecule has 0 bridgehead atoms. The van der Waals surface area contributed by atoms with Crippen LogP contribution >= 0.6 is 39.1 Å². The highest BCUT2D eigenvalue weighted by Gasteiger charge is 2.16. The van der Waals surface area contributed by atoms with Crippen molar-refractivity contribution in [3.63, 3.8) is 0 Å². The summed E-state index contributed by atoms with van der Waals surface area (Å²) in [6, 6.07) is 15.5.